The van der Waals surface area contributed by atoms with Crippen molar-refractivity contribution in [3.8, 4) is 23.0 Å². The van der Waals surface area contributed by atoms with Gasteiger partial charge in [-0.2, -0.15) is 13.2 Å². The average molecular weight is 791 g/mol. The van der Waals surface area contributed by atoms with Crippen molar-refractivity contribution in [2.24, 2.45) is 0 Å². The first-order valence-electron chi connectivity index (χ1n) is 18.1. The summed E-state index contributed by atoms with van der Waals surface area (Å²) in [6.45, 7) is 5.08. The molecule has 1 unspecified atom stereocenters. The Bertz CT molecular complexity index is 2040. The molecule has 0 bridgehead atoms. The first kappa shape index (κ1) is 42.1. The van der Waals surface area contributed by atoms with E-state index in [4.69, 9.17) is 23.7 Å². The first-order chi connectivity index (χ1) is 27.3. The summed E-state index contributed by atoms with van der Waals surface area (Å²) >= 11 is 0. The zero-order chi connectivity index (χ0) is 41.3. The number of ether oxygens (including phenoxy) is 5. The van der Waals surface area contributed by atoms with E-state index in [2.05, 4.69) is 6.58 Å². The summed E-state index contributed by atoms with van der Waals surface area (Å²) in [5.41, 5.74) is 1.09. The highest BCUT2D eigenvalue weighted by Crippen LogP contribution is 2.48. The van der Waals surface area contributed by atoms with Crippen LogP contribution < -0.4 is 23.8 Å². The molecular weight excluding hydrogens is 745 g/mol. The molecule has 4 aromatic rings. The number of alkyl halides is 3. The molecule has 0 aromatic heterocycles. The molecule has 0 radical (unpaired) electrons. The molecule has 4 aromatic carbocycles. The van der Waals surface area contributed by atoms with Crippen LogP contribution >= 0.6 is 0 Å². The number of hydrogen-bond donors (Lipinski definition) is 1. The Morgan fingerprint density at radius 3 is 2.14 bits per heavy atom. The molecule has 1 aliphatic heterocycles. The third kappa shape index (κ3) is 9.87. The molecule has 1 heterocycles. The summed E-state index contributed by atoms with van der Waals surface area (Å²) in [6.07, 6.45) is -3.89. The number of benzene rings is 4. The normalized spacial score (nSPS) is 15.3. The number of halogens is 3. The van der Waals surface area contributed by atoms with E-state index in [0.29, 0.717) is 51.8 Å². The van der Waals surface area contributed by atoms with Crippen molar-refractivity contribution in [3.63, 3.8) is 0 Å². The molecule has 0 saturated heterocycles. The monoisotopic (exact) mass is 790 g/mol. The van der Waals surface area contributed by atoms with Gasteiger partial charge >= 0.3 is 12.1 Å². The van der Waals surface area contributed by atoms with Crippen LogP contribution in [0.1, 0.15) is 58.4 Å². The van der Waals surface area contributed by atoms with Gasteiger partial charge in [0.25, 0.3) is 5.91 Å². The van der Waals surface area contributed by atoms with Crippen molar-refractivity contribution < 1.29 is 56.3 Å². The number of carbonyl (C=O) groups excluding carboxylic acids is 3. The standard InChI is InChI=1S/C43H45F3N2O9/c1-6-8-37(57-27(2)50)41-40(47(26-28-9-16-32(53-3)17-10-28)42(52)30-12-14-31(15-13-30)43(44,45)46)34-25-33(56-22-7-21-49)18-19-35(34)48(41)39(51)24-29-11-20-36(54-4)38(23-29)55-5/h6,9-20,23,25,37,40-41,49H,1,7-8,21-22,24,26H2,2-5H3/t37?,40-,41+/m0/s1. The maximum atomic E-state index is 14.9. The fourth-order valence-electron chi connectivity index (χ4n) is 6.92. The number of fused-ring (bicyclic) bond motifs is 1. The second-order valence-electron chi connectivity index (χ2n) is 13.2. The Balaban J connectivity index is 1.73. The fraction of sp³-hybridized carbons (Fsp3) is 0.326. The van der Waals surface area contributed by atoms with E-state index in [1.54, 1.807) is 66.7 Å². The summed E-state index contributed by atoms with van der Waals surface area (Å²) in [5.74, 6) is 0.0802. The Labute approximate surface area is 329 Å². The minimum Gasteiger partial charge on any atom is -0.497 e. The molecule has 14 heteroatoms. The average Bonchev–Trinajstić information content (AvgIpc) is 3.53. The number of amides is 2. The van der Waals surface area contributed by atoms with E-state index in [0.717, 1.165) is 24.3 Å². The number of aliphatic hydroxyl groups excluding tert-OH is 1. The van der Waals surface area contributed by atoms with Gasteiger partial charge in [0.05, 0.1) is 52.0 Å². The van der Waals surface area contributed by atoms with E-state index in [1.807, 2.05) is 0 Å². The number of hydrogen-bond acceptors (Lipinski definition) is 9. The maximum Gasteiger partial charge on any atom is 0.416 e. The van der Waals surface area contributed by atoms with Gasteiger partial charge in [-0.15, -0.1) is 6.58 Å². The molecule has 0 fully saturated rings. The Morgan fingerprint density at radius 2 is 1.54 bits per heavy atom. The van der Waals surface area contributed by atoms with E-state index in [9.17, 15) is 32.7 Å². The van der Waals surface area contributed by atoms with Gasteiger partial charge < -0.3 is 38.6 Å². The predicted molar refractivity (Wildman–Crippen MR) is 206 cm³/mol. The quantitative estimate of drug-likeness (QED) is 0.0665. The molecule has 302 valence electrons. The van der Waals surface area contributed by atoms with Crippen LogP contribution in [0.25, 0.3) is 0 Å². The van der Waals surface area contributed by atoms with Crippen molar-refractivity contribution in [1.82, 2.24) is 4.90 Å². The fourth-order valence-corrected chi connectivity index (χ4v) is 6.92. The lowest BCUT2D eigenvalue weighted by atomic mass is 9.93. The lowest BCUT2D eigenvalue weighted by molar-refractivity contribution is -0.148. The second kappa shape index (κ2) is 18.7. The van der Waals surface area contributed by atoms with Crippen LogP contribution in [0.2, 0.25) is 0 Å². The third-order valence-electron chi connectivity index (χ3n) is 9.51. The topological polar surface area (TPSA) is 124 Å². The van der Waals surface area contributed by atoms with Crippen LogP contribution in [0.15, 0.2) is 97.6 Å². The van der Waals surface area contributed by atoms with E-state index < -0.39 is 47.7 Å². The number of esters is 1. The molecule has 0 aliphatic carbocycles. The van der Waals surface area contributed by atoms with Gasteiger partial charge in [-0.1, -0.05) is 24.3 Å². The van der Waals surface area contributed by atoms with Crippen LogP contribution in [0.4, 0.5) is 18.9 Å². The highest BCUT2D eigenvalue weighted by Gasteiger charge is 2.50. The van der Waals surface area contributed by atoms with Crippen LogP contribution in [-0.2, 0) is 33.5 Å². The Hall–Kier alpha value is -6.02. The van der Waals surface area contributed by atoms with Crippen molar-refractivity contribution in [3.05, 3.63) is 125 Å². The molecule has 5 rings (SSSR count). The molecular formula is C43H45F3N2O9. The second-order valence-corrected chi connectivity index (χ2v) is 13.2. The molecule has 1 N–H and O–H groups in total. The van der Waals surface area contributed by atoms with E-state index in [1.165, 1.54) is 38.1 Å². The minimum absolute atomic E-state index is 0.0463. The van der Waals surface area contributed by atoms with Gasteiger partial charge in [-0.05, 0) is 77.9 Å². The van der Waals surface area contributed by atoms with Gasteiger partial charge in [0.15, 0.2) is 11.5 Å². The zero-order valence-corrected chi connectivity index (χ0v) is 32.1. The molecule has 0 spiro atoms. The number of methoxy groups -OCH3 is 3. The first-order valence-corrected chi connectivity index (χ1v) is 18.1. The van der Waals surface area contributed by atoms with Crippen LogP contribution in [-0.4, -0.2) is 74.5 Å². The number of nitrogens with zero attached hydrogens (tertiary/aromatic N) is 2. The lowest BCUT2D eigenvalue weighted by Gasteiger charge is -2.39. The number of aliphatic hydroxyl groups is 1. The summed E-state index contributed by atoms with van der Waals surface area (Å²) in [4.78, 5) is 45.4. The maximum absolute atomic E-state index is 14.9. The third-order valence-corrected chi connectivity index (χ3v) is 9.51. The smallest absolute Gasteiger partial charge is 0.416 e. The molecule has 2 amide bonds. The number of anilines is 1. The highest BCUT2D eigenvalue weighted by molar-refractivity contribution is 6.00. The van der Waals surface area contributed by atoms with Gasteiger partial charge in [-0.3, -0.25) is 14.4 Å². The molecule has 3 atom stereocenters. The number of carbonyl (C=O) groups is 3. The summed E-state index contributed by atoms with van der Waals surface area (Å²) < 4.78 is 69.0. The zero-order valence-electron chi connectivity index (χ0n) is 32.1. The van der Waals surface area contributed by atoms with Crippen molar-refractivity contribution in [2.45, 2.75) is 57.1 Å². The van der Waals surface area contributed by atoms with E-state index in [-0.39, 0.29) is 38.2 Å². The van der Waals surface area contributed by atoms with Crippen molar-refractivity contribution in [1.29, 1.82) is 0 Å². The Kier molecular flexibility index (Phi) is 13.9. The molecule has 0 saturated carbocycles. The minimum atomic E-state index is -4.64. The number of rotatable bonds is 17. The largest absolute Gasteiger partial charge is 0.497 e. The lowest BCUT2D eigenvalue weighted by Crippen LogP contribution is -2.53. The summed E-state index contributed by atoms with van der Waals surface area (Å²) in [6, 6.07) is 18.8. The summed E-state index contributed by atoms with van der Waals surface area (Å²) in [7, 11) is 4.48. The predicted octanol–water partition coefficient (Wildman–Crippen LogP) is 7.34. The van der Waals surface area contributed by atoms with Gasteiger partial charge in [0, 0.05) is 49.7 Å². The summed E-state index contributed by atoms with van der Waals surface area (Å²) in [5, 5.41) is 9.41. The van der Waals surface area contributed by atoms with Crippen molar-refractivity contribution in [2.75, 3.05) is 39.4 Å². The molecule has 57 heavy (non-hydrogen) atoms. The van der Waals surface area contributed by atoms with E-state index >= 15 is 0 Å². The van der Waals surface area contributed by atoms with Gasteiger partial charge in [0.2, 0.25) is 5.91 Å². The van der Waals surface area contributed by atoms with Crippen LogP contribution in [0.3, 0.4) is 0 Å². The molecule has 1 aliphatic rings. The highest BCUT2D eigenvalue weighted by atomic mass is 19.4. The SMILES string of the molecule is C=CCC(OC(C)=O)[C@@H]1[C@@H](N(Cc2ccc(OC)cc2)C(=O)c2ccc(C(F)(F)F)cc2)c2cc(OCCCO)ccc2N1C(=O)Cc1ccc(OC)c(OC)c1. The van der Waals surface area contributed by atoms with Crippen LogP contribution in [0, 0.1) is 0 Å². The van der Waals surface area contributed by atoms with Crippen LogP contribution in [0.5, 0.6) is 23.0 Å². The van der Waals surface area contributed by atoms with Crippen molar-refractivity contribution >= 4 is 23.5 Å². The Morgan fingerprint density at radius 1 is 0.877 bits per heavy atom. The molecule has 11 nitrogen and oxygen atoms in total. The van der Waals surface area contributed by atoms with Gasteiger partial charge in [-0.25, -0.2) is 0 Å². The van der Waals surface area contributed by atoms with Gasteiger partial charge in [0.1, 0.15) is 17.6 Å².